The van der Waals surface area contributed by atoms with Gasteiger partial charge in [0.2, 0.25) is 6.79 Å². The lowest BCUT2D eigenvalue weighted by atomic mass is 9.91. The van der Waals surface area contributed by atoms with Crippen molar-refractivity contribution in [3.8, 4) is 11.5 Å². The van der Waals surface area contributed by atoms with Crippen molar-refractivity contribution in [2.45, 2.75) is 19.4 Å². The number of carbonyl (C=O) groups excluding carboxylic acids is 1. The molecule has 0 saturated carbocycles. The Hall–Kier alpha value is -3.75. The number of fused-ring (bicyclic) bond motifs is 5. The Bertz CT molecular complexity index is 1500. The molecule has 1 fully saturated rings. The summed E-state index contributed by atoms with van der Waals surface area (Å²) < 4.78 is 19.0. The summed E-state index contributed by atoms with van der Waals surface area (Å²) in [5, 5.41) is 4.38. The predicted molar refractivity (Wildman–Crippen MR) is 140 cm³/mol. The Labute approximate surface area is 215 Å². The van der Waals surface area contributed by atoms with E-state index in [0.717, 1.165) is 78.1 Å². The zero-order chi connectivity index (χ0) is 24.9. The number of hydrogen-bond donors (Lipinski definition) is 2. The van der Waals surface area contributed by atoms with Crippen LogP contribution in [0.15, 0.2) is 48.5 Å². The largest absolute Gasteiger partial charge is 0.454 e. The molecular formula is C29H30N4O4. The highest BCUT2D eigenvalue weighted by atomic mass is 16.7. The Morgan fingerprint density at radius 2 is 1.92 bits per heavy atom. The molecule has 1 unspecified atom stereocenters. The number of aryl methyl sites for hydroxylation is 1. The summed E-state index contributed by atoms with van der Waals surface area (Å²) in [7, 11) is 0. The van der Waals surface area contributed by atoms with Crippen molar-refractivity contribution in [3.05, 3.63) is 82.3 Å². The van der Waals surface area contributed by atoms with Gasteiger partial charge in [0.15, 0.2) is 11.5 Å². The molecule has 2 aromatic heterocycles. The minimum atomic E-state index is -0.101. The maximum absolute atomic E-state index is 13.5. The standard InChI is InChI=1S/C29H30N4O4/c1-18-14-22(29(34)30-8-9-32-10-12-35-13-11-32)24-16-21-20-4-2-3-5-23(20)31-27(21)28(33(18)24)19-6-7-25-26(15-19)37-17-36-25/h2-7,14-15,28,31H,8-13,16-17H2,1H3,(H,30,34). The molecule has 7 rings (SSSR count). The van der Waals surface area contributed by atoms with E-state index in [1.807, 2.05) is 12.1 Å². The molecule has 3 aliphatic rings. The van der Waals surface area contributed by atoms with Gasteiger partial charge in [-0.25, -0.2) is 0 Å². The number of nitrogens with zero attached hydrogens (tertiary/aromatic N) is 2. The number of hydrogen-bond acceptors (Lipinski definition) is 5. The first-order chi connectivity index (χ1) is 18.2. The molecule has 5 heterocycles. The summed E-state index contributed by atoms with van der Waals surface area (Å²) in [5.74, 6) is 1.51. The highest BCUT2D eigenvalue weighted by Crippen LogP contribution is 2.44. The van der Waals surface area contributed by atoms with Crippen molar-refractivity contribution in [2.75, 3.05) is 46.2 Å². The third-order valence-corrected chi connectivity index (χ3v) is 7.83. The molecular weight excluding hydrogens is 468 g/mol. The highest BCUT2D eigenvalue weighted by molar-refractivity contribution is 5.96. The number of nitrogens with one attached hydrogen (secondary N) is 2. The molecule has 190 valence electrons. The molecule has 1 saturated heterocycles. The smallest absolute Gasteiger partial charge is 0.253 e. The Morgan fingerprint density at radius 1 is 1.08 bits per heavy atom. The van der Waals surface area contributed by atoms with Crippen LogP contribution in [-0.4, -0.2) is 66.5 Å². The van der Waals surface area contributed by atoms with E-state index in [9.17, 15) is 4.79 Å². The molecule has 1 atom stereocenters. The van der Waals surface area contributed by atoms with Crippen LogP contribution in [0.25, 0.3) is 10.9 Å². The van der Waals surface area contributed by atoms with Gasteiger partial charge in [-0.2, -0.15) is 0 Å². The number of H-pyrrole nitrogens is 1. The van der Waals surface area contributed by atoms with Crippen molar-refractivity contribution in [2.24, 2.45) is 0 Å². The van der Waals surface area contributed by atoms with E-state index >= 15 is 0 Å². The lowest BCUT2D eigenvalue weighted by Crippen LogP contribution is -2.41. The first kappa shape index (κ1) is 22.4. The number of rotatable bonds is 5. The van der Waals surface area contributed by atoms with Crippen molar-refractivity contribution < 1.29 is 19.0 Å². The number of carbonyl (C=O) groups is 1. The third kappa shape index (κ3) is 3.79. The van der Waals surface area contributed by atoms with Crippen LogP contribution in [-0.2, 0) is 11.2 Å². The SMILES string of the molecule is Cc1cc(C(=O)NCCN2CCOCC2)c2n1C(c1ccc3c(c1)OCO3)c1[nH]c3ccccc3c1C2. The van der Waals surface area contributed by atoms with E-state index in [1.54, 1.807) is 0 Å². The van der Waals surface area contributed by atoms with Crippen molar-refractivity contribution >= 4 is 16.8 Å². The van der Waals surface area contributed by atoms with Crippen LogP contribution in [0.4, 0.5) is 0 Å². The molecule has 3 aliphatic heterocycles. The van der Waals surface area contributed by atoms with Gasteiger partial charge < -0.3 is 29.1 Å². The summed E-state index contributed by atoms with van der Waals surface area (Å²) >= 11 is 0. The molecule has 0 radical (unpaired) electrons. The summed E-state index contributed by atoms with van der Waals surface area (Å²) in [6.07, 6.45) is 0.695. The monoisotopic (exact) mass is 498 g/mol. The van der Waals surface area contributed by atoms with E-state index < -0.39 is 0 Å². The summed E-state index contributed by atoms with van der Waals surface area (Å²) in [4.78, 5) is 19.5. The molecule has 8 nitrogen and oxygen atoms in total. The summed E-state index contributed by atoms with van der Waals surface area (Å²) in [6, 6.07) is 16.5. The Morgan fingerprint density at radius 3 is 2.81 bits per heavy atom. The molecule has 0 bridgehead atoms. The average molecular weight is 499 g/mol. The van der Waals surface area contributed by atoms with Gasteiger partial charge in [0, 0.05) is 60.6 Å². The average Bonchev–Trinajstić information content (AvgIpc) is 3.63. The molecule has 1 amide bonds. The molecule has 37 heavy (non-hydrogen) atoms. The van der Waals surface area contributed by atoms with E-state index in [2.05, 4.69) is 63.1 Å². The van der Waals surface area contributed by atoms with Gasteiger partial charge >= 0.3 is 0 Å². The fourth-order valence-electron chi connectivity index (χ4n) is 6.03. The van der Waals surface area contributed by atoms with Gasteiger partial charge in [-0.05, 0) is 42.3 Å². The lowest BCUT2D eigenvalue weighted by Gasteiger charge is -2.29. The van der Waals surface area contributed by atoms with Gasteiger partial charge in [-0.15, -0.1) is 0 Å². The molecule has 0 aliphatic carbocycles. The van der Waals surface area contributed by atoms with E-state index in [0.29, 0.717) is 13.0 Å². The number of para-hydroxylation sites is 1. The number of amides is 1. The van der Waals surface area contributed by atoms with Crippen LogP contribution in [0.2, 0.25) is 0 Å². The zero-order valence-electron chi connectivity index (χ0n) is 20.9. The number of morpholine rings is 1. The minimum absolute atomic E-state index is 0.0159. The van der Waals surface area contributed by atoms with E-state index in [-0.39, 0.29) is 18.7 Å². The maximum Gasteiger partial charge on any atom is 0.253 e. The van der Waals surface area contributed by atoms with Crippen LogP contribution in [0.3, 0.4) is 0 Å². The lowest BCUT2D eigenvalue weighted by molar-refractivity contribution is 0.0383. The highest BCUT2D eigenvalue weighted by Gasteiger charge is 2.34. The molecule has 2 aromatic carbocycles. The second-order valence-electron chi connectivity index (χ2n) is 9.98. The number of benzene rings is 2. The van der Waals surface area contributed by atoms with Gasteiger partial charge in [0.1, 0.15) is 0 Å². The number of aromatic nitrogens is 2. The van der Waals surface area contributed by atoms with Gasteiger partial charge in [0.05, 0.1) is 24.8 Å². The topological polar surface area (TPSA) is 80.8 Å². The Kier molecular flexibility index (Phi) is 5.44. The normalized spacial score (nSPS) is 18.6. The summed E-state index contributed by atoms with van der Waals surface area (Å²) in [5.41, 5.74) is 7.45. The third-order valence-electron chi connectivity index (χ3n) is 7.83. The van der Waals surface area contributed by atoms with Crippen LogP contribution in [0.1, 0.15) is 44.6 Å². The quantitative estimate of drug-likeness (QED) is 0.387. The minimum Gasteiger partial charge on any atom is -0.454 e. The predicted octanol–water partition coefficient (Wildman–Crippen LogP) is 3.61. The fraction of sp³-hybridized carbons (Fsp3) is 0.345. The number of aromatic amines is 1. The first-order valence-corrected chi connectivity index (χ1v) is 13.0. The second kappa shape index (κ2) is 8.97. The Balaban J connectivity index is 1.27. The molecule has 4 aromatic rings. The summed E-state index contributed by atoms with van der Waals surface area (Å²) in [6.45, 7) is 7.12. The van der Waals surface area contributed by atoms with Crippen LogP contribution in [0.5, 0.6) is 11.5 Å². The molecule has 0 spiro atoms. The maximum atomic E-state index is 13.5. The van der Waals surface area contributed by atoms with Crippen molar-refractivity contribution in [1.29, 1.82) is 0 Å². The molecule has 8 heteroatoms. The van der Waals surface area contributed by atoms with E-state index in [1.165, 1.54) is 10.9 Å². The molecule has 2 N–H and O–H groups in total. The van der Waals surface area contributed by atoms with Crippen LogP contribution < -0.4 is 14.8 Å². The van der Waals surface area contributed by atoms with Crippen molar-refractivity contribution in [3.63, 3.8) is 0 Å². The van der Waals surface area contributed by atoms with Crippen LogP contribution in [0, 0.1) is 6.92 Å². The van der Waals surface area contributed by atoms with Crippen LogP contribution >= 0.6 is 0 Å². The first-order valence-electron chi connectivity index (χ1n) is 13.0. The van der Waals surface area contributed by atoms with Crippen molar-refractivity contribution in [1.82, 2.24) is 19.8 Å². The van der Waals surface area contributed by atoms with Gasteiger partial charge in [-0.1, -0.05) is 24.3 Å². The van der Waals surface area contributed by atoms with E-state index in [4.69, 9.17) is 14.2 Å². The van der Waals surface area contributed by atoms with Gasteiger partial charge in [0.25, 0.3) is 5.91 Å². The second-order valence-corrected chi connectivity index (χ2v) is 9.98. The van der Waals surface area contributed by atoms with Gasteiger partial charge in [-0.3, -0.25) is 9.69 Å². The fourth-order valence-corrected chi connectivity index (χ4v) is 6.03. The number of ether oxygens (including phenoxy) is 3. The zero-order valence-corrected chi connectivity index (χ0v) is 20.9.